The number of hydrogen-bond donors (Lipinski definition) is 2. The summed E-state index contributed by atoms with van der Waals surface area (Å²) in [5, 5.41) is 7.80. The topological polar surface area (TPSA) is 62.5 Å². The highest BCUT2D eigenvalue weighted by molar-refractivity contribution is 7.11. The van der Waals surface area contributed by atoms with Crippen molar-refractivity contribution in [1.82, 2.24) is 15.6 Å². The smallest absolute Gasteiger partial charge is 0.191 e. The number of nitrogens with zero attached hydrogens (tertiary/aromatic N) is 2. The van der Waals surface area contributed by atoms with E-state index < -0.39 is 0 Å². The molecule has 2 aromatic heterocycles. The summed E-state index contributed by atoms with van der Waals surface area (Å²) < 4.78 is 5.63. The van der Waals surface area contributed by atoms with Gasteiger partial charge in [-0.2, -0.15) is 0 Å². The number of rotatable bonds is 5. The van der Waals surface area contributed by atoms with Crippen LogP contribution in [-0.2, 0) is 6.42 Å². The van der Waals surface area contributed by atoms with E-state index in [0.717, 1.165) is 41.1 Å². The minimum Gasteiger partial charge on any atom is -0.464 e. The van der Waals surface area contributed by atoms with E-state index >= 15 is 0 Å². The summed E-state index contributed by atoms with van der Waals surface area (Å²) in [5.74, 6) is 2.61. The van der Waals surface area contributed by atoms with Crippen LogP contribution >= 0.6 is 11.3 Å². The van der Waals surface area contributed by atoms with Gasteiger partial charge in [0, 0.05) is 24.9 Å². The Kier molecular flexibility index (Phi) is 5.60. The molecule has 0 bridgehead atoms. The van der Waals surface area contributed by atoms with Crippen LogP contribution in [0.2, 0.25) is 0 Å². The molecule has 6 heteroatoms. The third-order valence-corrected chi connectivity index (χ3v) is 4.54. The minimum atomic E-state index is 0.0762. The lowest BCUT2D eigenvalue weighted by molar-refractivity contribution is 0.441. The van der Waals surface area contributed by atoms with Crippen molar-refractivity contribution in [3.63, 3.8) is 0 Å². The maximum atomic E-state index is 5.63. The second-order valence-electron chi connectivity index (χ2n) is 5.30. The van der Waals surface area contributed by atoms with Crippen LogP contribution < -0.4 is 10.6 Å². The maximum Gasteiger partial charge on any atom is 0.191 e. The van der Waals surface area contributed by atoms with Gasteiger partial charge in [-0.3, -0.25) is 4.99 Å². The zero-order valence-corrected chi connectivity index (χ0v) is 14.7. The van der Waals surface area contributed by atoms with Gasteiger partial charge in [-0.1, -0.05) is 0 Å². The van der Waals surface area contributed by atoms with Gasteiger partial charge >= 0.3 is 0 Å². The molecule has 22 heavy (non-hydrogen) atoms. The Bertz CT molecular complexity index is 644. The minimum absolute atomic E-state index is 0.0762. The van der Waals surface area contributed by atoms with Gasteiger partial charge in [0.05, 0.1) is 16.7 Å². The first kappa shape index (κ1) is 16.5. The number of hydrogen-bond acceptors (Lipinski definition) is 4. The molecule has 0 fully saturated rings. The number of thiazole rings is 1. The van der Waals surface area contributed by atoms with E-state index in [1.807, 2.05) is 26.0 Å². The predicted octanol–water partition coefficient (Wildman–Crippen LogP) is 3.13. The third kappa shape index (κ3) is 4.34. The van der Waals surface area contributed by atoms with Crippen LogP contribution in [0.4, 0.5) is 0 Å². The van der Waals surface area contributed by atoms with Crippen LogP contribution in [0.15, 0.2) is 21.5 Å². The second-order valence-corrected chi connectivity index (χ2v) is 6.59. The standard InChI is InChI=1S/C16H24N4OS/c1-10-6-7-14(21-10)11(2)20-16(17-5)18-9-8-15-12(3)19-13(4)22-15/h6-7,11H,8-9H2,1-5H3,(H2,17,18,20). The number of nitrogens with one attached hydrogen (secondary N) is 2. The quantitative estimate of drug-likeness (QED) is 0.656. The summed E-state index contributed by atoms with van der Waals surface area (Å²) in [4.78, 5) is 10.0. The van der Waals surface area contributed by atoms with E-state index in [1.54, 1.807) is 18.4 Å². The zero-order chi connectivity index (χ0) is 16.1. The Hall–Kier alpha value is -1.82. The van der Waals surface area contributed by atoms with Gasteiger partial charge in [-0.25, -0.2) is 4.98 Å². The molecule has 0 spiro atoms. The molecule has 0 amide bonds. The number of guanidine groups is 1. The average molecular weight is 320 g/mol. The van der Waals surface area contributed by atoms with Gasteiger partial charge in [0.15, 0.2) is 5.96 Å². The van der Waals surface area contributed by atoms with Gasteiger partial charge in [0.1, 0.15) is 11.5 Å². The molecule has 0 saturated heterocycles. The Morgan fingerprint density at radius 3 is 2.68 bits per heavy atom. The molecule has 1 unspecified atom stereocenters. The van der Waals surface area contributed by atoms with Crippen LogP contribution in [-0.4, -0.2) is 24.5 Å². The summed E-state index contributed by atoms with van der Waals surface area (Å²) in [7, 11) is 1.78. The monoisotopic (exact) mass is 320 g/mol. The predicted molar refractivity (Wildman–Crippen MR) is 91.6 cm³/mol. The van der Waals surface area contributed by atoms with Crippen LogP contribution in [0, 0.1) is 20.8 Å². The number of furan rings is 1. The Labute approximate surface area is 135 Å². The van der Waals surface area contributed by atoms with Gasteiger partial charge < -0.3 is 15.1 Å². The first-order valence-electron chi connectivity index (χ1n) is 7.46. The van der Waals surface area contributed by atoms with Gasteiger partial charge in [0.2, 0.25) is 0 Å². The van der Waals surface area contributed by atoms with Crippen molar-refractivity contribution in [2.45, 2.75) is 40.2 Å². The molecule has 120 valence electrons. The SMILES string of the molecule is CN=C(NCCc1sc(C)nc1C)NC(C)c1ccc(C)o1. The Morgan fingerprint density at radius 2 is 2.14 bits per heavy atom. The molecule has 0 aliphatic carbocycles. The normalized spacial score (nSPS) is 13.2. The molecule has 2 N–H and O–H groups in total. The van der Waals surface area contributed by atoms with E-state index in [-0.39, 0.29) is 6.04 Å². The number of aliphatic imine (C=N–C) groups is 1. The summed E-state index contributed by atoms with van der Waals surface area (Å²) in [6.07, 6.45) is 0.951. The zero-order valence-electron chi connectivity index (χ0n) is 13.9. The molecule has 0 radical (unpaired) electrons. The van der Waals surface area contributed by atoms with Crippen molar-refractivity contribution in [1.29, 1.82) is 0 Å². The lowest BCUT2D eigenvalue weighted by Gasteiger charge is -2.16. The molecule has 2 heterocycles. The van der Waals surface area contributed by atoms with E-state index in [9.17, 15) is 0 Å². The largest absolute Gasteiger partial charge is 0.464 e. The molecule has 1 atom stereocenters. The Morgan fingerprint density at radius 1 is 1.36 bits per heavy atom. The van der Waals surface area contributed by atoms with Crippen molar-refractivity contribution < 1.29 is 4.42 Å². The highest BCUT2D eigenvalue weighted by Crippen LogP contribution is 2.17. The molecule has 0 aliphatic rings. The highest BCUT2D eigenvalue weighted by Gasteiger charge is 2.11. The van der Waals surface area contributed by atoms with E-state index in [0.29, 0.717) is 0 Å². The van der Waals surface area contributed by atoms with E-state index in [2.05, 4.69) is 34.5 Å². The number of aryl methyl sites for hydroxylation is 3. The summed E-state index contributed by atoms with van der Waals surface area (Å²) in [6.45, 7) is 8.94. The fraction of sp³-hybridized carbons (Fsp3) is 0.500. The molecular formula is C16H24N4OS. The van der Waals surface area contributed by atoms with Gasteiger partial charge in [-0.05, 0) is 39.8 Å². The fourth-order valence-electron chi connectivity index (χ4n) is 2.26. The van der Waals surface area contributed by atoms with Gasteiger partial charge in [-0.15, -0.1) is 11.3 Å². The van der Waals surface area contributed by atoms with E-state index in [1.165, 1.54) is 4.88 Å². The summed E-state index contributed by atoms with van der Waals surface area (Å²) >= 11 is 1.76. The average Bonchev–Trinajstić information content (AvgIpc) is 3.03. The summed E-state index contributed by atoms with van der Waals surface area (Å²) in [5.41, 5.74) is 1.13. The first-order chi connectivity index (χ1) is 10.5. The molecule has 0 saturated carbocycles. The number of aromatic nitrogens is 1. The van der Waals surface area contributed by atoms with E-state index in [4.69, 9.17) is 4.42 Å². The van der Waals surface area contributed by atoms with Crippen molar-refractivity contribution in [3.05, 3.63) is 39.2 Å². The highest BCUT2D eigenvalue weighted by atomic mass is 32.1. The Balaban J connectivity index is 1.84. The van der Waals surface area contributed by atoms with Crippen LogP contribution in [0.1, 0.15) is 40.1 Å². The van der Waals surface area contributed by atoms with Gasteiger partial charge in [0.25, 0.3) is 0 Å². The van der Waals surface area contributed by atoms with Crippen LogP contribution in [0.5, 0.6) is 0 Å². The molecule has 5 nitrogen and oxygen atoms in total. The van der Waals surface area contributed by atoms with Crippen LogP contribution in [0.25, 0.3) is 0 Å². The molecule has 2 aromatic rings. The van der Waals surface area contributed by atoms with Crippen molar-refractivity contribution in [3.8, 4) is 0 Å². The second kappa shape index (κ2) is 7.45. The molecular weight excluding hydrogens is 296 g/mol. The van der Waals surface area contributed by atoms with Crippen molar-refractivity contribution in [2.75, 3.05) is 13.6 Å². The third-order valence-electron chi connectivity index (χ3n) is 3.41. The molecule has 0 aromatic carbocycles. The summed E-state index contributed by atoms with van der Waals surface area (Å²) in [6, 6.07) is 4.04. The molecule has 0 aliphatic heterocycles. The molecule has 2 rings (SSSR count). The van der Waals surface area contributed by atoms with Crippen molar-refractivity contribution >= 4 is 17.3 Å². The first-order valence-corrected chi connectivity index (χ1v) is 8.27. The maximum absolute atomic E-state index is 5.63. The fourth-order valence-corrected chi connectivity index (χ4v) is 3.19. The lowest BCUT2D eigenvalue weighted by Crippen LogP contribution is -2.39. The lowest BCUT2D eigenvalue weighted by atomic mass is 10.2. The van der Waals surface area contributed by atoms with Crippen molar-refractivity contribution in [2.24, 2.45) is 4.99 Å². The van der Waals surface area contributed by atoms with Crippen LogP contribution in [0.3, 0.4) is 0 Å².